The van der Waals surface area contributed by atoms with Gasteiger partial charge in [-0.25, -0.2) is 0 Å². The third-order valence-corrected chi connectivity index (χ3v) is 4.53. The van der Waals surface area contributed by atoms with Crippen LogP contribution < -0.4 is 5.32 Å². The molecule has 0 radical (unpaired) electrons. The molecule has 0 fully saturated rings. The van der Waals surface area contributed by atoms with Crippen molar-refractivity contribution in [2.45, 2.75) is 52.3 Å². The van der Waals surface area contributed by atoms with Gasteiger partial charge >= 0.3 is 0 Å². The molecule has 1 aromatic heterocycles. The number of aliphatic hydroxyl groups excluding tert-OH is 1. The van der Waals surface area contributed by atoms with Gasteiger partial charge in [-0.2, -0.15) is 5.10 Å². The van der Waals surface area contributed by atoms with E-state index in [4.69, 9.17) is 0 Å². The van der Waals surface area contributed by atoms with Crippen molar-refractivity contribution >= 4 is 5.91 Å². The van der Waals surface area contributed by atoms with Crippen LogP contribution in [-0.4, -0.2) is 26.9 Å². The molecule has 5 heteroatoms. The van der Waals surface area contributed by atoms with Crippen LogP contribution in [0.3, 0.4) is 0 Å². The standard InChI is InChI=1S/C18H23N3O2/c1-4-9-21-12(3)16(11(2)20-21)18(23)19-17-14-8-6-5-7-13(14)10-15(17)22/h5-8,15,17,22H,4,9-10H2,1-3H3,(H,19,23)/t15-,17+/m1/s1. The number of aryl methyl sites for hydroxylation is 2. The van der Waals surface area contributed by atoms with Gasteiger partial charge in [-0.15, -0.1) is 0 Å². The van der Waals surface area contributed by atoms with Gasteiger partial charge in [0.15, 0.2) is 0 Å². The Kier molecular flexibility index (Phi) is 4.22. The maximum Gasteiger partial charge on any atom is 0.255 e. The third-order valence-electron chi connectivity index (χ3n) is 4.53. The summed E-state index contributed by atoms with van der Waals surface area (Å²) in [4.78, 5) is 12.7. The number of aromatic nitrogens is 2. The summed E-state index contributed by atoms with van der Waals surface area (Å²) in [6.07, 6.45) is 0.967. The zero-order chi connectivity index (χ0) is 16.6. The molecule has 3 rings (SSSR count). The summed E-state index contributed by atoms with van der Waals surface area (Å²) in [6, 6.07) is 7.51. The molecular weight excluding hydrogens is 290 g/mol. The quantitative estimate of drug-likeness (QED) is 0.910. The van der Waals surface area contributed by atoms with Crippen molar-refractivity contribution in [3.05, 3.63) is 52.3 Å². The summed E-state index contributed by atoms with van der Waals surface area (Å²) in [5.74, 6) is -0.164. The molecule has 0 unspecified atom stereocenters. The summed E-state index contributed by atoms with van der Waals surface area (Å²) >= 11 is 0. The van der Waals surface area contributed by atoms with E-state index in [0.29, 0.717) is 12.0 Å². The van der Waals surface area contributed by atoms with Gasteiger partial charge in [0.1, 0.15) is 0 Å². The summed E-state index contributed by atoms with van der Waals surface area (Å²) in [6.45, 7) is 6.66. The molecule has 2 atom stereocenters. The number of hydrogen-bond acceptors (Lipinski definition) is 3. The first-order valence-electron chi connectivity index (χ1n) is 8.13. The Morgan fingerprint density at radius 1 is 1.39 bits per heavy atom. The monoisotopic (exact) mass is 313 g/mol. The third kappa shape index (κ3) is 2.77. The molecule has 23 heavy (non-hydrogen) atoms. The van der Waals surface area contributed by atoms with Crippen molar-refractivity contribution in [2.24, 2.45) is 0 Å². The number of nitrogens with zero attached hydrogens (tertiary/aromatic N) is 2. The van der Waals surface area contributed by atoms with Crippen molar-refractivity contribution in [1.82, 2.24) is 15.1 Å². The zero-order valence-electron chi connectivity index (χ0n) is 13.8. The first-order chi connectivity index (χ1) is 11.0. The molecule has 0 saturated carbocycles. The van der Waals surface area contributed by atoms with E-state index in [1.165, 1.54) is 0 Å². The van der Waals surface area contributed by atoms with Crippen molar-refractivity contribution in [3.8, 4) is 0 Å². The van der Waals surface area contributed by atoms with Crippen LogP contribution in [0.4, 0.5) is 0 Å². The van der Waals surface area contributed by atoms with Crippen molar-refractivity contribution in [3.63, 3.8) is 0 Å². The Balaban J connectivity index is 1.86. The Hall–Kier alpha value is -2.14. The van der Waals surface area contributed by atoms with Crippen LogP contribution in [0.25, 0.3) is 0 Å². The second-order valence-electron chi connectivity index (χ2n) is 6.19. The molecule has 1 aliphatic carbocycles. The number of carbonyl (C=O) groups is 1. The molecule has 1 aromatic carbocycles. The number of carbonyl (C=O) groups excluding carboxylic acids is 1. The van der Waals surface area contributed by atoms with Gasteiger partial charge in [-0.1, -0.05) is 31.2 Å². The number of aliphatic hydroxyl groups is 1. The second kappa shape index (κ2) is 6.16. The average Bonchev–Trinajstić information content (AvgIpc) is 2.97. The first kappa shape index (κ1) is 15.7. The summed E-state index contributed by atoms with van der Waals surface area (Å²) in [5.41, 5.74) is 4.33. The van der Waals surface area contributed by atoms with E-state index in [1.807, 2.05) is 42.8 Å². The fourth-order valence-corrected chi connectivity index (χ4v) is 3.42. The van der Waals surface area contributed by atoms with Gasteiger partial charge in [0.05, 0.1) is 23.4 Å². The molecule has 1 heterocycles. The van der Waals surface area contributed by atoms with Crippen LogP contribution in [0.15, 0.2) is 24.3 Å². The van der Waals surface area contributed by atoms with Crippen molar-refractivity contribution < 1.29 is 9.90 Å². The molecule has 1 amide bonds. The lowest BCUT2D eigenvalue weighted by Crippen LogP contribution is -2.34. The van der Waals surface area contributed by atoms with E-state index < -0.39 is 6.10 Å². The van der Waals surface area contributed by atoms with Gasteiger partial charge in [-0.05, 0) is 31.4 Å². The van der Waals surface area contributed by atoms with Gasteiger partial charge in [-0.3, -0.25) is 9.48 Å². The average molecular weight is 313 g/mol. The Labute approximate surface area is 136 Å². The molecule has 5 nitrogen and oxygen atoms in total. The molecule has 0 aliphatic heterocycles. The summed E-state index contributed by atoms with van der Waals surface area (Å²) in [7, 11) is 0. The highest BCUT2D eigenvalue weighted by Crippen LogP contribution is 2.31. The van der Waals surface area contributed by atoms with Gasteiger partial charge in [0.25, 0.3) is 5.91 Å². The van der Waals surface area contributed by atoms with Crippen LogP contribution in [0.2, 0.25) is 0 Å². The van der Waals surface area contributed by atoms with E-state index in [0.717, 1.165) is 35.5 Å². The largest absolute Gasteiger partial charge is 0.390 e. The van der Waals surface area contributed by atoms with Crippen LogP contribution in [0, 0.1) is 13.8 Å². The number of benzene rings is 1. The highest BCUT2D eigenvalue weighted by molar-refractivity contribution is 5.96. The second-order valence-corrected chi connectivity index (χ2v) is 6.19. The predicted octanol–water partition coefficient (Wildman–Crippen LogP) is 2.30. The van der Waals surface area contributed by atoms with Crippen LogP contribution in [0.1, 0.15) is 52.3 Å². The number of hydrogen-bond donors (Lipinski definition) is 2. The maximum atomic E-state index is 12.7. The lowest BCUT2D eigenvalue weighted by atomic mass is 10.1. The summed E-state index contributed by atoms with van der Waals surface area (Å²) < 4.78 is 1.88. The molecule has 2 aromatic rings. The van der Waals surface area contributed by atoms with E-state index in [9.17, 15) is 9.90 Å². The molecule has 122 valence electrons. The van der Waals surface area contributed by atoms with Gasteiger partial charge in [0.2, 0.25) is 0 Å². The van der Waals surface area contributed by atoms with E-state index in [1.54, 1.807) is 0 Å². The summed E-state index contributed by atoms with van der Waals surface area (Å²) in [5, 5.41) is 17.7. The van der Waals surface area contributed by atoms with Crippen LogP contribution in [0.5, 0.6) is 0 Å². The molecule has 0 spiro atoms. The first-order valence-corrected chi connectivity index (χ1v) is 8.13. The fraction of sp³-hybridized carbons (Fsp3) is 0.444. The number of fused-ring (bicyclic) bond motifs is 1. The van der Waals surface area contributed by atoms with E-state index in [2.05, 4.69) is 17.3 Å². The molecule has 1 aliphatic rings. The highest BCUT2D eigenvalue weighted by Gasteiger charge is 2.33. The minimum absolute atomic E-state index is 0.164. The topological polar surface area (TPSA) is 67.2 Å². The highest BCUT2D eigenvalue weighted by atomic mass is 16.3. The Morgan fingerprint density at radius 2 is 2.13 bits per heavy atom. The van der Waals surface area contributed by atoms with Gasteiger partial charge in [0, 0.05) is 18.7 Å². The van der Waals surface area contributed by atoms with Crippen molar-refractivity contribution in [2.75, 3.05) is 0 Å². The number of nitrogens with one attached hydrogen (secondary N) is 1. The lowest BCUT2D eigenvalue weighted by Gasteiger charge is -2.18. The zero-order valence-corrected chi connectivity index (χ0v) is 13.8. The van der Waals surface area contributed by atoms with Crippen LogP contribution >= 0.6 is 0 Å². The fourth-order valence-electron chi connectivity index (χ4n) is 3.42. The van der Waals surface area contributed by atoms with Gasteiger partial charge < -0.3 is 10.4 Å². The van der Waals surface area contributed by atoms with E-state index in [-0.39, 0.29) is 11.9 Å². The lowest BCUT2D eigenvalue weighted by molar-refractivity contribution is 0.0857. The maximum absolute atomic E-state index is 12.7. The normalized spacial score (nSPS) is 19.7. The Morgan fingerprint density at radius 3 is 2.87 bits per heavy atom. The Bertz CT molecular complexity index is 736. The van der Waals surface area contributed by atoms with E-state index >= 15 is 0 Å². The minimum atomic E-state index is -0.581. The minimum Gasteiger partial charge on any atom is -0.390 e. The molecule has 2 N–H and O–H groups in total. The SMILES string of the molecule is CCCn1nc(C)c(C(=O)N[C@H]2c3ccccc3C[C@H]2O)c1C. The van der Waals surface area contributed by atoms with Crippen LogP contribution in [-0.2, 0) is 13.0 Å². The van der Waals surface area contributed by atoms with Crippen molar-refractivity contribution in [1.29, 1.82) is 0 Å². The number of amides is 1. The smallest absolute Gasteiger partial charge is 0.255 e. The molecule has 0 saturated heterocycles. The molecular formula is C18H23N3O2. The molecule has 0 bridgehead atoms. The predicted molar refractivity (Wildman–Crippen MR) is 88.4 cm³/mol. The number of rotatable bonds is 4.